The fourth-order valence-corrected chi connectivity index (χ4v) is 3.49. The maximum atomic E-state index is 13.1. The van der Waals surface area contributed by atoms with E-state index in [1.165, 1.54) is 35.2 Å². The average molecular weight is 396 g/mol. The number of ether oxygens (including phenoxy) is 1. The fraction of sp³-hybridized carbons (Fsp3) is 0.238. The fourth-order valence-electron chi connectivity index (χ4n) is 3.49. The SMILES string of the molecule is O=C(Oc1cccc(N2C(=O)CCC2=O)c1)[C@H]1CC(=O)N(c2ccc(F)cc2)C1. The molecular weight excluding hydrogens is 379 g/mol. The lowest BCUT2D eigenvalue weighted by molar-refractivity contribution is -0.139. The lowest BCUT2D eigenvalue weighted by Crippen LogP contribution is -2.29. The largest absolute Gasteiger partial charge is 0.426 e. The number of hydrogen-bond acceptors (Lipinski definition) is 5. The van der Waals surface area contributed by atoms with Crippen LogP contribution in [0, 0.1) is 11.7 Å². The van der Waals surface area contributed by atoms with Gasteiger partial charge in [-0.05, 0) is 36.4 Å². The first kappa shape index (κ1) is 18.8. The summed E-state index contributed by atoms with van der Waals surface area (Å²) in [6, 6.07) is 11.6. The van der Waals surface area contributed by atoms with Crippen molar-refractivity contribution in [3.8, 4) is 5.75 Å². The van der Waals surface area contributed by atoms with E-state index < -0.39 is 17.7 Å². The molecule has 0 unspecified atom stereocenters. The van der Waals surface area contributed by atoms with Crippen molar-refractivity contribution in [3.05, 3.63) is 54.3 Å². The van der Waals surface area contributed by atoms with E-state index in [0.717, 1.165) is 4.90 Å². The Balaban J connectivity index is 1.45. The highest BCUT2D eigenvalue weighted by Gasteiger charge is 2.36. The number of carbonyl (C=O) groups excluding carboxylic acids is 4. The van der Waals surface area contributed by atoms with E-state index in [9.17, 15) is 23.6 Å². The predicted octanol–water partition coefficient (Wildman–Crippen LogP) is 2.44. The van der Waals surface area contributed by atoms with E-state index in [1.807, 2.05) is 0 Å². The Morgan fingerprint density at radius 1 is 0.931 bits per heavy atom. The van der Waals surface area contributed by atoms with Gasteiger partial charge in [0.25, 0.3) is 0 Å². The number of nitrogens with zero attached hydrogens (tertiary/aromatic N) is 2. The third-order valence-electron chi connectivity index (χ3n) is 4.94. The van der Waals surface area contributed by atoms with Crippen LogP contribution in [0.5, 0.6) is 5.75 Å². The monoisotopic (exact) mass is 396 g/mol. The van der Waals surface area contributed by atoms with Crippen LogP contribution >= 0.6 is 0 Å². The zero-order chi connectivity index (χ0) is 20.5. The molecule has 2 heterocycles. The summed E-state index contributed by atoms with van der Waals surface area (Å²) in [7, 11) is 0. The summed E-state index contributed by atoms with van der Waals surface area (Å²) >= 11 is 0. The Labute approximate surface area is 165 Å². The highest BCUT2D eigenvalue weighted by molar-refractivity contribution is 6.19. The van der Waals surface area contributed by atoms with Crippen LogP contribution < -0.4 is 14.5 Å². The van der Waals surface area contributed by atoms with Crippen LogP contribution in [0.25, 0.3) is 0 Å². The molecule has 148 valence electrons. The number of imide groups is 1. The molecule has 0 spiro atoms. The predicted molar refractivity (Wildman–Crippen MR) is 101 cm³/mol. The van der Waals surface area contributed by atoms with Gasteiger partial charge < -0.3 is 9.64 Å². The van der Waals surface area contributed by atoms with Crippen LogP contribution in [0.15, 0.2) is 48.5 Å². The van der Waals surface area contributed by atoms with Crippen molar-refractivity contribution in [1.29, 1.82) is 0 Å². The number of anilines is 2. The molecule has 0 bridgehead atoms. The van der Waals surface area contributed by atoms with E-state index >= 15 is 0 Å². The number of halogens is 1. The first-order chi connectivity index (χ1) is 13.9. The second-order valence-corrected chi connectivity index (χ2v) is 6.92. The van der Waals surface area contributed by atoms with E-state index in [2.05, 4.69) is 0 Å². The number of carbonyl (C=O) groups is 4. The molecule has 0 saturated carbocycles. The molecule has 0 radical (unpaired) electrons. The van der Waals surface area contributed by atoms with Crippen molar-refractivity contribution in [2.45, 2.75) is 19.3 Å². The van der Waals surface area contributed by atoms with Gasteiger partial charge in [-0.2, -0.15) is 0 Å². The van der Waals surface area contributed by atoms with Gasteiger partial charge in [0.15, 0.2) is 0 Å². The third kappa shape index (κ3) is 3.73. The van der Waals surface area contributed by atoms with Crippen molar-refractivity contribution in [3.63, 3.8) is 0 Å². The highest BCUT2D eigenvalue weighted by atomic mass is 19.1. The Hall–Kier alpha value is -3.55. The van der Waals surface area contributed by atoms with Gasteiger partial charge in [-0.25, -0.2) is 4.39 Å². The summed E-state index contributed by atoms with van der Waals surface area (Å²) in [5.74, 6) is -2.32. The lowest BCUT2D eigenvalue weighted by atomic mass is 10.1. The van der Waals surface area contributed by atoms with Crippen LogP contribution in [0.1, 0.15) is 19.3 Å². The van der Waals surface area contributed by atoms with Crippen molar-refractivity contribution in [2.24, 2.45) is 5.92 Å². The van der Waals surface area contributed by atoms with Gasteiger partial charge in [-0.3, -0.25) is 24.1 Å². The quantitative estimate of drug-likeness (QED) is 0.450. The Bertz CT molecular complexity index is 988. The summed E-state index contributed by atoms with van der Waals surface area (Å²) < 4.78 is 18.5. The zero-order valence-electron chi connectivity index (χ0n) is 15.3. The molecule has 2 aromatic carbocycles. The van der Waals surface area contributed by atoms with Gasteiger partial charge in [-0.15, -0.1) is 0 Å². The van der Waals surface area contributed by atoms with Gasteiger partial charge in [0.1, 0.15) is 11.6 Å². The Morgan fingerprint density at radius 3 is 2.31 bits per heavy atom. The molecule has 7 nitrogen and oxygen atoms in total. The first-order valence-electron chi connectivity index (χ1n) is 9.16. The molecule has 4 rings (SSSR count). The van der Waals surface area contributed by atoms with Crippen LogP contribution in [0.4, 0.5) is 15.8 Å². The Kier molecular flexibility index (Phi) is 4.84. The number of amides is 3. The second kappa shape index (κ2) is 7.46. The minimum Gasteiger partial charge on any atom is -0.426 e. The molecular formula is C21H17FN2O5. The normalized spacial score (nSPS) is 19.2. The molecule has 3 amide bonds. The third-order valence-corrected chi connectivity index (χ3v) is 4.94. The molecule has 2 aliphatic heterocycles. The first-order valence-corrected chi connectivity index (χ1v) is 9.16. The summed E-state index contributed by atoms with van der Waals surface area (Å²) in [5.41, 5.74) is 0.859. The standard InChI is InChI=1S/C21H17FN2O5/c22-14-4-6-15(7-5-14)23-12-13(10-20(23)27)21(28)29-17-3-1-2-16(11-17)24-18(25)8-9-19(24)26/h1-7,11,13H,8-10,12H2/t13-/m0/s1. The van der Waals surface area contributed by atoms with Crippen LogP contribution in [-0.2, 0) is 19.2 Å². The molecule has 29 heavy (non-hydrogen) atoms. The molecule has 0 N–H and O–H groups in total. The average Bonchev–Trinajstić information content (AvgIpc) is 3.25. The molecule has 0 aromatic heterocycles. The second-order valence-electron chi connectivity index (χ2n) is 6.92. The minimum atomic E-state index is -0.675. The van der Waals surface area contributed by atoms with E-state index in [4.69, 9.17) is 4.74 Å². The van der Waals surface area contributed by atoms with Gasteiger partial charge in [-0.1, -0.05) is 6.07 Å². The maximum Gasteiger partial charge on any atom is 0.316 e. The van der Waals surface area contributed by atoms with Gasteiger partial charge >= 0.3 is 5.97 Å². The van der Waals surface area contributed by atoms with E-state index in [0.29, 0.717) is 11.4 Å². The molecule has 1 atom stereocenters. The molecule has 8 heteroatoms. The number of hydrogen-bond donors (Lipinski definition) is 0. The molecule has 0 aliphatic carbocycles. The van der Waals surface area contributed by atoms with Crippen molar-refractivity contribution in [2.75, 3.05) is 16.3 Å². The maximum absolute atomic E-state index is 13.1. The number of benzene rings is 2. The van der Waals surface area contributed by atoms with Crippen molar-refractivity contribution in [1.82, 2.24) is 0 Å². The smallest absolute Gasteiger partial charge is 0.316 e. The molecule has 2 aliphatic rings. The number of rotatable bonds is 4. The number of esters is 1. The van der Waals surface area contributed by atoms with E-state index in [1.54, 1.807) is 18.2 Å². The summed E-state index contributed by atoms with van der Waals surface area (Å²) in [5, 5.41) is 0. The lowest BCUT2D eigenvalue weighted by Gasteiger charge is -2.17. The summed E-state index contributed by atoms with van der Waals surface area (Å²) in [6.45, 7) is 0.131. The van der Waals surface area contributed by atoms with Crippen molar-refractivity contribution < 1.29 is 28.3 Å². The van der Waals surface area contributed by atoms with Crippen LogP contribution in [0.2, 0.25) is 0 Å². The highest BCUT2D eigenvalue weighted by Crippen LogP contribution is 2.29. The Morgan fingerprint density at radius 2 is 1.62 bits per heavy atom. The van der Waals surface area contributed by atoms with Gasteiger partial charge in [0.2, 0.25) is 17.7 Å². The summed E-state index contributed by atoms with van der Waals surface area (Å²) in [6.07, 6.45) is 0.303. The van der Waals surface area contributed by atoms with Crippen LogP contribution in [0.3, 0.4) is 0 Å². The minimum absolute atomic E-state index is 0.0149. The van der Waals surface area contributed by atoms with Crippen LogP contribution in [-0.4, -0.2) is 30.2 Å². The molecule has 2 saturated heterocycles. The van der Waals surface area contributed by atoms with Gasteiger partial charge in [0, 0.05) is 37.6 Å². The van der Waals surface area contributed by atoms with Crippen molar-refractivity contribution >= 4 is 35.1 Å². The van der Waals surface area contributed by atoms with Gasteiger partial charge in [0.05, 0.1) is 11.6 Å². The van der Waals surface area contributed by atoms with E-state index in [-0.39, 0.29) is 49.3 Å². The summed E-state index contributed by atoms with van der Waals surface area (Å²) in [4.78, 5) is 51.1. The molecule has 2 fully saturated rings. The topological polar surface area (TPSA) is 84.0 Å². The zero-order valence-corrected chi connectivity index (χ0v) is 15.3. The molecule has 2 aromatic rings.